The number of hydrogen-bond donors (Lipinski definition) is 0. The van der Waals surface area contributed by atoms with Gasteiger partial charge in [0.15, 0.2) is 11.6 Å². The summed E-state index contributed by atoms with van der Waals surface area (Å²) in [6, 6.07) is 7.10. The zero-order valence-corrected chi connectivity index (χ0v) is 6.43. The van der Waals surface area contributed by atoms with E-state index >= 15 is 0 Å². The van der Waals surface area contributed by atoms with Crippen molar-refractivity contribution in [3.63, 3.8) is 0 Å². The maximum atomic E-state index is 12.8. The van der Waals surface area contributed by atoms with Crippen LogP contribution >= 0.6 is 0 Å². The van der Waals surface area contributed by atoms with Crippen molar-refractivity contribution in [3.8, 4) is 5.75 Å². The Balaban J connectivity index is 2.62. The van der Waals surface area contributed by atoms with Crippen molar-refractivity contribution in [3.05, 3.63) is 30.1 Å². The van der Waals surface area contributed by atoms with E-state index in [1.807, 2.05) is 6.92 Å². The van der Waals surface area contributed by atoms with E-state index in [0.717, 1.165) is 6.42 Å². The number of halogens is 1. The fraction of sp³-hybridized carbons (Fsp3) is 0.333. The Bertz CT molecular complexity index is 223. The highest BCUT2D eigenvalue weighted by molar-refractivity contribution is 5.22. The first kappa shape index (κ1) is 8.05. The van der Waals surface area contributed by atoms with Crippen LogP contribution in [0.5, 0.6) is 5.75 Å². The highest BCUT2D eigenvalue weighted by Crippen LogP contribution is 2.14. The van der Waals surface area contributed by atoms with Crippen molar-refractivity contribution in [1.29, 1.82) is 0 Å². The Morgan fingerprint density at radius 3 is 3.09 bits per heavy atom. The maximum absolute atomic E-state index is 12.8. The topological polar surface area (TPSA) is 9.23 Å². The van der Waals surface area contributed by atoms with Gasteiger partial charge in [-0.3, -0.25) is 0 Å². The summed E-state index contributed by atoms with van der Waals surface area (Å²) in [6.07, 6.45) is 0.887. The predicted octanol–water partition coefficient (Wildman–Crippen LogP) is 2.41. The molecule has 0 amide bonds. The summed E-state index contributed by atoms with van der Waals surface area (Å²) in [5.74, 6) is -0.0356. The van der Waals surface area contributed by atoms with Gasteiger partial charge in [0.25, 0.3) is 0 Å². The van der Waals surface area contributed by atoms with Crippen LogP contribution in [0.1, 0.15) is 13.3 Å². The molecular weight excluding hydrogens is 143 g/mol. The van der Waals surface area contributed by atoms with Crippen LogP contribution in [0.2, 0.25) is 0 Å². The summed E-state index contributed by atoms with van der Waals surface area (Å²) >= 11 is 0. The summed E-state index contributed by atoms with van der Waals surface area (Å²) in [5.41, 5.74) is 0. The van der Waals surface area contributed by atoms with Gasteiger partial charge in [-0.1, -0.05) is 13.0 Å². The van der Waals surface area contributed by atoms with Crippen LogP contribution in [0.25, 0.3) is 0 Å². The van der Waals surface area contributed by atoms with Crippen molar-refractivity contribution in [2.24, 2.45) is 0 Å². The zero-order chi connectivity index (χ0) is 8.10. The normalized spacial score (nSPS) is 9.64. The minimum absolute atomic E-state index is 0.311. The molecule has 0 aliphatic heterocycles. The minimum Gasteiger partial charge on any atom is -0.491 e. The van der Waals surface area contributed by atoms with E-state index in [9.17, 15) is 4.39 Å². The van der Waals surface area contributed by atoms with Gasteiger partial charge >= 0.3 is 0 Å². The zero-order valence-electron chi connectivity index (χ0n) is 6.43. The molecule has 0 saturated heterocycles. The molecule has 0 unspecified atom stereocenters. The van der Waals surface area contributed by atoms with Crippen LogP contribution in [0, 0.1) is 11.9 Å². The molecule has 1 aromatic rings. The molecule has 2 heteroatoms. The first-order valence-corrected chi connectivity index (χ1v) is 3.63. The summed E-state index contributed by atoms with van der Waals surface area (Å²) in [6.45, 7) is 2.54. The molecule has 0 fully saturated rings. The van der Waals surface area contributed by atoms with Crippen LogP contribution in [0.3, 0.4) is 0 Å². The lowest BCUT2D eigenvalue weighted by molar-refractivity contribution is 0.301. The Hall–Kier alpha value is -1.05. The standard InChI is InChI=1S/C9H10FO/c1-2-7-11-9-6-4-3-5-8(9)10/h4-6H,2,7H2,1H3. The van der Waals surface area contributed by atoms with E-state index in [4.69, 9.17) is 4.74 Å². The van der Waals surface area contributed by atoms with E-state index in [-0.39, 0.29) is 5.82 Å². The lowest BCUT2D eigenvalue weighted by Gasteiger charge is -2.03. The van der Waals surface area contributed by atoms with E-state index in [1.165, 1.54) is 6.07 Å². The second-order valence-corrected chi connectivity index (χ2v) is 2.20. The molecule has 0 spiro atoms. The van der Waals surface area contributed by atoms with Gasteiger partial charge in [0, 0.05) is 0 Å². The number of rotatable bonds is 3. The van der Waals surface area contributed by atoms with E-state index in [0.29, 0.717) is 12.4 Å². The number of benzene rings is 1. The first-order chi connectivity index (χ1) is 5.34. The second kappa shape index (κ2) is 3.96. The van der Waals surface area contributed by atoms with Crippen LogP contribution in [-0.2, 0) is 0 Å². The molecule has 0 aromatic heterocycles. The highest BCUT2D eigenvalue weighted by Gasteiger charge is 1.98. The Kier molecular flexibility index (Phi) is 2.90. The van der Waals surface area contributed by atoms with Gasteiger partial charge in [0.1, 0.15) is 0 Å². The Morgan fingerprint density at radius 2 is 2.45 bits per heavy atom. The summed E-state index contributed by atoms with van der Waals surface area (Å²) in [4.78, 5) is 0. The van der Waals surface area contributed by atoms with Crippen LogP contribution < -0.4 is 4.74 Å². The quantitative estimate of drug-likeness (QED) is 0.648. The molecule has 0 N–H and O–H groups in total. The van der Waals surface area contributed by atoms with Crippen molar-refractivity contribution in [1.82, 2.24) is 0 Å². The highest BCUT2D eigenvalue weighted by atomic mass is 19.1. The molecule has 0 heterocycles. The van der Waals surface area contributed by atoms with Crippen molar-refractivity contribution >= 4 is 0 Å². The smallest absolute Gasteiger partial charge is 0.165 e. The number of hydrogen-bond acceptors (Lipinski definition) is 1. The van der Waals surface area contributed by atoms with E-state index in [2.05, 4.69) is 6.07 Å². The average Bonchev–Trinajstić information content (AvgIpc) is 2.03. The molecule has 0 aliphatic carbocycles. The van der Waals surface area contributed by atoms with Gasteiger partial charge in [-0.05, 0) is 24.6 Å². The predicted molar refractivity (Wildman–Crippen MR) is 41.0 cm³/mol. The largest absolute Gasteiger partial charge is 0.491 e. The molecule has 1 nitrogen and oxygen atoms in total. The van der Waals surface area contributed by atoms with Gasteiger partial charge in [0.2, 0.25) is 0 Å². The first-order valence-electron chi connectivity index (χ1n) is 3.63. The van der Waals surface area contributed by atoms with Crippen molar-refractivity contribution in [2.45, 2.75) is 13.3 Å². The molecule has 0 aliphatic rings. The number of ether oxygens (including phenoxy) is 1. The SMILES string of the molecule is CCCOc1cc[c]cc1F. The molecule has 0 saturated carbocycles. The minimum atomic E-state index is -0.346. The van der Waals surface area contributed by atoms with Crippen molar-refractivity contribution < 1.29 is 9.13 Å². The van der Waals surface area contributed by atoms with Gasteiger partial charge < -0.3 is 4.74 Å². The third-order valence-electron chi connectivity index (χ3n) is 1.24. The fourth-order valence-electron chi connectivity index (χ4n) is 0.725. The molecule has 59 valence electrons. The van der Waals surface area contributed by atoms with Gasteiger partial charge in [-0.2, -0.15) is 0 Å². The van der Waals surface area contributed by atoms with Gasteiger partial charge in [-0.25, -0.2) is 4.39 Å². The Morgan fingerprint density at radius 1 is 1.64 bits per heavy atom. The molecule has 0 atom stereocenters. The van der Waals surface area contributed by atoms with Crippen LogP contribution in [0.4, 0.5) is 4.39 Å². The second-order valence-electron chi connectivity index (χ2n) is 2.20. The van der Waals surface area contributed by atoms with Crippen LogP contribution in [0.15, 0.2) is 18.2 Å². The lowest BCUT2D eigenvalue weighted by atomic mass is 10.3. The molecular formula is C9H10FO. The molecule has 11 heavy (non-hydrogen) atoms. The lowest BCUT2D eigenvalue weighted by Crippen LogP contribution is -1.96. The monoisotopic (exact) mass is 153 g/mol. The molecule has 1 radical (unpaired) electrons. The maximum Gasteiger partial charge on any atom is 0.165 e. The van der Waals surface area contributed by atoms with Gasteiger partial charge in [0.05, 0.1) is 6.61 Å². The van der Waals surface area contributed by atoms with E-state index in [1.54, 1.807) is 12.1 Å². The van der Waals surface area contributed by atoms with Crippen LogP contribution in [-0.4, -0.2) is 6.61 Å². The summed E-state index contributed by atoms with van der Waals surface area (Å²) < 4.78 is 17.8. The Labute approximate surface area is 65.8 Å². The third kappa shape index (κ3) is 2.22. The fourth-order valence-corrected chi connectivity index (χ4v) is 0.725. The molecule has 0 bridgehead atoms. The van der Waals surface area contributed by atoms with E-state index < -0.39 is 0 Å². The van der Waals surface area contributed by atoms with Gasteiger partial charge in [-0.15, -0.1) is 0 Å². The van der Waals surface area contributed by atoms with Crippen molar-refractivity contribution in [2.75, 3.05) is 6.61 Å². The average molecular weight is 153 g/mol. The summed E-state index contributed by atoms with van der Waals surface area (Å²) in [5, 5.41) is 0. The molecule has 1 aromatic carbocycles. The molecule has 1 rings (SSSR count). The third-order valence-corrected chi connectivity index (χ3v) is 1.24. The summed E-state index contributed by atoms with van der Waals surface area (Å²) in [7, 11) is 0.